The molecule has 0 bridgehead atoms. The predicted octanol–water partition coefficient (Wildman–Crippen LogP) is 0.968. The standard InChI is InChI=1S/C12H15FN2O2/c1-2-11(16)15-8-12(17)14-7-9-5-3-4-6-10(9)13/h3-6H,2,7-8H2,1H3,(H,14,17)(H,15,16). The lowest BCUT2D eigenvalue weighted by Gasteiger charge is -2.06. The van der Waals surface area contributed by atoms with E-state index < -0.39 is 0 Å². The molecule has 92 valence electrons. The van der Waals surface area contributed by atoms with Gasteiger partial charge in [0.05, 0.1) is 6.54 Å². The van der Waals surface area contributed by atoms with Crippen molar-refractivity contribution >= 4 is 11.8 Å². The summed E-state index contributed by atoms with van der Waals surface area (Å²) in [6, 6.07) is 6.21. The summed E-state index contributed by atoms with van der Waals surface area (Å²) in [5.74, 6) is -0.883. The Hall–Kier alpha value is -1.91. The van der Waals surface area contributed by atoms with E-state index in [2.05, 4.69) is 10.6 Å². The topological polar surface area (TPSA) is 58.2 Å². The monoisotopic (exact) mass is 238 g/mol. The van der Waals surface area contributed by atoms with Gasteiger partial charge in [-0.3, -0.25) is 9.59 Å². The Morgan fingerprint density at radius 2 is 1.88 bits per heavy atom. The first-order valence-electron chi connectivity index (χ1n) is 5.40. The highest BCUT2D eigenvalue weighted by molar-refractivity contribution is 5.84. The Morgan fingerprint density at radius 1 is 1.18 bits per heavy atom. The number of amides is 2. The van der Waals surface area contributed by atoms with E-state index in [1.165, 1.54) is 6.07 Å². The Labute approximate surface area is 99.2 Å². The third kappa shape index (κ3) is 4.63. The van der Waals surface area contributed by atoms with Gasteiger partial charge in [-0.05, 0) is 6.07 Å². The van der Waals surface area contributed by atoms with Crippen LogP contribution >= 0.6 is 0 Å². The van der Waals surface area contributed by atoms with Crippen molar-refractivity contribution in [2.45, 2.75) is 19.9 Å². The molecule has 5 heteroatoms. The van der Waals surface area contributed by atoms with Crippen LogP contribution in [0.4, 0.5) is 4.39 Å². The molecule has 0 saturated heterocycles. The van der Waals surface area contributed by atoms with Crippen molar-refractivity contribution < 1.29 is 14.0 Å². The zero-order valence-corrected chi connectivity index (χ0v) is 9.63. The molecule has 0 aliphatic carbocycles. The second-order valence-electron chi connectivity index (χ2n) is 3.50. The van der Waals surface area contributed by atoms with Crippen molar-refractivity contribution in [2.75, 3.05) is 6.54 Å². The lowest BCUT2D eigenvalue weighted by atomic mass is 10.2. The molecule has 0 saturated carbocycles. The maximum Gasteiger partial charge on any atom is 0.239 e. The second kappa shape index (κ2) is 6.62. The molecule has 0 aliphatic rings. The molecule has 0 fully saturated rings. The van der Waals surface area contributed by atoms with Crippen LogP contribution in [-0.2, 0) is 16.1 Å². The summed E-state index contributed by atoms with van der Waals surface area (Å²) < 4.78 is 13.2. The molecule has 0 radical (unpaired) electrons. The zero-order valence-electron chi connectivity index (χ0n) is 9.63. The van der Waals surface area contributed by atoms with Crippen LogP contribution < -0.4 is 10.6 Å². The van der Waals surface area contributed by atoms with Crippen molar-refractivity contribution in [1.29, 1.82) is 0 Å². The van der Waals surface area contributed by atoms with E-state index in [9.17, 15) is 14.0 Å². The van der Waals surface area contributed by atoms with E-state index >= 15 is 0 Å². The number of rotatable bonds is 5. The average molecular weight is 238 g/mol. The molecule has 1 aromatic rings. The van der Waals surface area contributed by atoms with Gasteiger partial charge in [0.15, 0.2) is 0 Å². The van der Waals surface area contributed by atoms with Crippen molar-refractivity contribution in [3.05, 3.63) is 35.6 Å². The minimum atomic E-state index is -0.356. The van der Waals surface area contributed by atoms with Gasteiger partial charge in [0.1, 0.15) is 5.82 Å². The van der Waals surface area contributed by atoms with Gasteiger partial charge in [-0.25, -0.2) is 4.39 Å². The summed E-state index contributed by atoms with van der Waals surface area (Å²) in [5.41, 5.74) is 0.419. The third-order valence-corrected chi connectivity index (χ3v) is 2.20. The van der Waals surface area contributed by atoms with Crippen LogP contribution in [0.3, 0.4) is 0 Å². The normalized spacial score (nSPS) is 9.76. The predicted molar refractivity (Wildman–Crippen MR) is 61.5 cm³/mol. The van der Waals surface area contributed by atoms with Crippen LogP contribution in [-0.4, -0.2) is 18.4 Å². The van der Waals surface area contributed by atoms with Crippen molar-refractivity contribution in [3.8, 4) is 0 Å². The largest absolute Gasteiger partial charge is 0.350 e. The van der Waals surface area contributed by atoms with E-state index in [-0.39, 0.29) is 30.7 Å². The van der Waals surface area contributed by atoms with Gasteiger partial charge in [-0.2, -0.15) is 0 Å². The van der Waals surface area contributed by atoms with Gasteiger partial charge >= 0.3 is 0 Å². The molecule has 0 aromatic heterocycles. The highest BCUT2D eigenvalue weighted by Gasteiger charge is 2.05. The first-order valence-corrected chi connectivity index (χ1v) is 5.40. The maximum absolute atomic E-state index is 13.2. The summed E-state index contributed by atoms with van der Waals surface area (Å²) in [6.07, 6.45) is 0.334. The first kappa shape index (κ1) is 13.2. The summed E-state index contributed by atoms with van der Waals surface area (Å²) in [6.45, 7) is 1.74. The number of halogens is 1. The van der Waals surface area contributed by atoms with E-state index in [1.807, 2.05) is 0 Å². The van der Waals surface area contributed by atoms with Gasteiger partial charge in [0.25, 0.3) is 0 Å². The van der Waals surface area contributed by atoms with Crippen LogP contribution in [0, 0.1) is 5.82 Å². The Morgan fingerprint density at radius 3 is 2.53 bits per heavy atom. The van der Waals surface area contributed by atoms with Gasteiger partial charge in [0.2, 0.25) is 11.8 Å². The van der Waals surface area contributed by atoms with E-state index in [0.717, 1.165) is 0 Å². The zero-order chi connectivity index (χ0) is 12.7. The maximum atomic E-state index is 13.2. The number of carbonyl (C=O) groups excluding carboxylic acids is 2. The molecule has 17 heavy (non-hydrogen) atoms. The van der Waals surface area contributed by atoms with Gasteiger partial charge in [0, 0.05) is 18.5 Å². The van der Waals surface area contributed by atoms with E-state index in [4.69, 9.17) is 0 Å². The number of nitrogens with one attached hydrogen (secondary N) is 2. The van der Waals surface area contributed by atoms with E-state index in [0.29, 0.717) is 12.0 Å². The molecule has 4 nitrogen and oxygen atoms in total. The van der Waals surface area contributed by atoms with Crippen molar-refractivity contribution in [1.82, 2.24) is 10.6 Å². The molecule has 1 rings (SSSR count). The smallest absolute Gasteiger partial charge is 0.239 e. The number of carbonyl (C=O) groups is 2. The Balaban J connectivity index is 2.34. The summed E-state index contributed by atoms with van der Waals surface area (Å²) in [5, 5.41) is 4.96. The fourth-order valence-electron chi connectivity index (χ4n) is 1.20. The van der Waals surface area contributed by atoms with Crippen molar-refractivity contribution in [2.24, 2.45) is 0 Å². The van der Waals surface area contributed by atoms with Crippen LogP contribution in [0.25, 0.3) is 0 Å². The SMILES string of the molecule is CCC(=O)NCC(=O)NCc1ccccc1F. The molecule has 0 aliphatic heterocycles. The number of hydrogen-bond acceptors (Lipinski definition) is 2. The Bertz CT molecular complexity index is 407. The lowest BCUT2D eigenvalue weighted by Crippen LogP contribution is -2.36. The molecule has 0 spiro atoms. The van der Waals surface area contributed by atoms with Crippen LogP contribution in [0.2, 0.25) is 0 Å². The Kier molecular flexibility index (Phi) is 5.13. The molecular formula is C12H15FN2O2. The number of benzene rings is 1. The van der Waals surface area contributed by atoms with Crippen LogP contribution in [0.5, 0.6) is 0 Å². The van der Waals surface area contributed by atoms with Gasteiger partial charge in [-0.15, -0.1) is 0 Å². The summed E-state index contributed by atoms with van der Waals surface area (Å²) in [7, 11) is 0. The average Bonchev–Trinajstić information content (AvgIpc) is 2.35. The first-order chi connectivity index (χ1) is 8.13. The van der Waals surface area contributed by atoms with Crippen molar-refractivity contribution in [3.63, 3.8) is 0 Å². The molecule has 0 heterocycles. The molecule has 2 amide bonds. The number of hydrogen-bond donors (Lipinski definition) is 2. The summed E-state index contributed by atoms with van der Waals surface area (Å²) in [4.78, 5) is 22.2. The lowest BCUT2D eigenvalue weighted by molar-refractivity contribution is -0.126. The molecule has 0 atom stereocenters. The highest BCUT2D eigenvalue weighted by atomic mass is 19.1. The molecular weight excluding hydrogens is 223 g/mol. The van der Waals surface area contributed by atoms with Gasteiger partial charge < -0.3 is 10.6 Å². The molecule has 1 aromatic carbocycles. The third-order valence-electron chi connectivity index (χ3n) is 2.20. The van der Waals surface area contributed by atoms with E-state index in [1.54, 1.807) is 25.1 Å². The fraction of sp³-hybridized carbons (Fsp3) is 0.333. The molecule has 2 N–H and O–H groups in total. The fourth-order valence-corrected chi connectivity index (χ4v) is 1.20. The van der Waals surface area contributed by atoms with Crippen LogP contribution in [0.1, 0.15) is 18.9 Å². The minimum absolute atomic E-state index is 0.0822. The van der Waals surface area contributed by atoms with Gasteiger partial charge in [-0.1, -0.05) is 25.1 Å². The highest BCUT2D eigenvalue weighted by Crippen LogP contribution is 2.04. The molecule has 0 unspecified atom stereocenters. The minimum Gasteiger partial charge on any atom is -0.350 e. The quantitative estimate of drug-likeness (QED) is 0.803. The van der Waals surface area contributed by atoms with Crippen LogP contribution in [0.15, 0.2) is 24.3 Å². The second-order valence-corrected chi connectivity index (χ2v) is 3.50. The summed E-state index contributed by atoms with van der Waals surface area (Å²) >= 11 is 0.